The highest BCUT2D eigenvalue weighted by atomic mass is 35.5. The van der Waals surface area contributed by atoms with Crippen LogP contribution < -0.4 is 0 Å². The van der Waals surface area contributed by atoms with Gasteiger partial charge in [0.2, 0.25) is 0 Å². The summed E-state index contributed by atoms with van der Waals surface area (Å²) >= 11 is 5.19. The van der Waals surface area contributed by atoms with Crippen LogP contribution in [0.5, 0.6) is 0 Å². The van der Waals surface area contributed by atoms with Gasteiger partial charge in [0, 0.05) is 0 Å². The predicted octanol–water partition coefficient (Wildman–Crippen LogP) is 2.84. The molecule has 1 nitrogen and oxygen atoms in total. The van der Waals surface area contributed by atoms with Crippen molar-refractivity contribution >= 4 is 11.9 Å². The number of rotatable bonds is 3. The predicted molar refractivity (Wildman–Crippen MR) is 40.4 cm³/mol. The van der Waals surface area contributed by atoms with Crippen molar-refractivity contribution in [3.05, 3.63) is 0 Å². The van der Waals surface area contributed by atoms with Gasteiger partial charge in [0.05, 0.1) is 18.0 Å². The van der Waals surface area contributed by atoms with Crippen LogP contribution in [0.2, 0.25) is 0 Å². The largest absolute Gasteiger partial charge is 0.276 e. The van der Waals surface area contributed by atoms with Crippen LogP contribution in [0.1, 0.15) is 27.7 Å². The Morgan fingerprint density at radius 2 is 1.56 bits per heavy atom. The van der Waals surface area contributed by atoms with E-state index in [9.17, 15) is 0 Å². The molecular formula is C7H15ClO. The summed E-state index contributed by atoms with van der Waals surface area (Å²) in [7, 11) is 0. The molecule has 2 unspecified atom stereocenters. The Morgan fingerprint density at radius 3 is 1.67 bits per heavy atom. The number of hydrogen-bond donors (Lipinski definition) is 0. The zero-order chi connectivity index (χ0) is 7.44. The van der Waals surface area contributed by atoms with Gasteiger partial charge in [0.1, 0.15) is 0 Å². The van der Waals surface area contributed by atoms with Crippen LogP contribution in [0.3, 0.4) is 0 Å². The van der Waals surface area contributed by atoms with Gasteiger partial charge >= 0.3 is 0 Å². The summed E-state index contributed by atoms with van der Waals surface area (Å²) in [6, 6.07) is 0. The van der Waals surface area contributed by atoms with Gasteiger partial charge in [-0.15, -0.1) is 0 Å². The molecule has 0 aromatic rings. The maximum atomic E-state index is 5.19. The molecule has 0 aromatic heterocycles. The molecule has 0 N–H and O–H groups in total. The molecule has 0 aliphatic carbocycles. The van der Waals surface area contributed by atoms with Crippen LogP contribution in [0, 0.1) is 11.8 Å². The molecule has 0 heterocycles. The van der Waals surface area contributed by atoms with E-state index in [0.717, 1.165) is 0 Å². The van der Waals surface area contributed by atoms with E-state index in [4.69, 9.17) is 11.9 Å². The summed E-state index contributed by atoms with van der Waals surface area (Å²) in [5, 5.41) is 0. The standard InChI is InChI=1S/C7H15ClO/c1-5(2)6(3)7(4)9-8/h5-7H,1-4H3. The summed E-state index contributed by atoms with van der Waals surface area (Å²) in [4.78, 5) is 0. The molecule has 0 aromatic carbocycles. The lowest BCUT2D eigenvalue weighted by Gasteiger charge is -2.19. The van der Waals surface area contributed by atoms with Gasteiger partial charge in [-0.3, -0.25) is 4.29 Å². The molecule has 0 spiro atoms. The first kappa shape index (κ1) is 9.25. The fourth-order valence-corrected chi connectivity index (χ4v) is 0.785. The van der Waals surface area contributed by atoms with Crippen molar-refractivity contribution in [3.8, 4) is 0 Å². The second-order valence-electron chi connectivity index (χ2n) is 2.90. The fraction of sp³-hybridized carbons (Fsp3) is 1.00. The lowest BCUT2D eigenvalue weighted by molar-refractivity contribution is 0.146. The van der Waals surface area contributed by atoms with E-state index in [2.05, 4.69) is 25.1 Å². The van der Waals surface area contributed by atoms with Gasteiger partial charge in [-0.25, -0.2) is 0 Å². The smallest absolute Gasteiger partial charge is 0.0790 e. The van der Waals surface area contributed by atoms with Gasteiger partial charge in [0.25, 0.3) is 0 Å². The Balaban J connectivity index is 3.58. The van der Waals surface area contributed by atoms with Crippen molar-refractivity contribution in [2.24, 2.45) is 11.8 Å². The van der Waals surface area contributed by atoms with Gasteiger partial charge < -0.3 is 0 Å². The van der Waals surface area contributed by atoms with E-state index in [1.165, 1.54) is 0 Å². The summed E-state index contributed by atoms with van der Waals surface area (Å²) in [6.45, 7) is 8.45. The third-order valence-electron chi connectivity index (χ3n) is 1.93. The first-order valence-corrected chi connectivity index (χ1v) is 3.67. The van der Waals surface area contributed by atoms with Crippen molar-refractivity contribution < 1.29 is 4.29 Å². The van der Waals surface area contributed by atoms with Crippen molar-refractivity contribution in [1.82, 2.24) is 0 Å². The van der Waals surface area contributed by atoms with Crippen LogP contribution >= 0.6 is 11.9 Å². The van der Waals surface area contributed by atoms with E-state index in [1.54, 1.807) is 0 Å². The molecule has 56 valence electrons. The lowest BCUT2D eigenvalue weighted by atomic mass is 9.93. The molecule has 0 fully saturated rings. The van der Waals surface area contributed by atoms with Crippen LogP contribution in [0.4, 0.5) is 0 Å². The van der Waals surface area contributed by atoms with Gasteiger partial charge in [-0.1, -0.05) is 20.8 Å². The van der Waals surface area contributed by atoms with E-state index in [1.807, 2.05) is 6.92 Å². The number of halogens is 1. The van der Waals surface area contributed by atoms with Gasteiger partial charge in [0.15, 0.2) is 0 Å². The summed E-state index contributed by atoms with van der Waals surface area (Å²) < 4.78 is 4.65. The third-order valence-corrected chi connectivity index (χ3v) is 2.21. The van der Waals surface area contributed by atoms with Crippen LogP contribution in [0.15, 0.2) is 0 Å². The molecule has 0 saturated heterocycles. The van der Waals surface area contributed by atoms with Crippen LogP contribution in [0.25, 0.3) is 0 Å². The van der Waals surface area contributed by atoms with Crippen molar-refractivity contribution in [3.63, 3.8) is 0 Å². The van der Waals surface area contributed by atoms with Crippen molar-refractivity contribution in [2.75, 3.05) is 0 Å². The minimum absolute atomic E-state index is 0.159. The van der Waals surface area contributed by atoms with Gasteiger partial charge in [-0.05, 0) is 18.8 Å². The van der Waals surface area contributed by atoms with Gasteiger partial charge in [-0.2, -0.15) is 0 Å². The fourth-order valence-electron chi connectivity index (χ4n) is 0.623. The minimum Gasteiger partial charge on any atom is -0.276 e. The zero-order valence-electron chi connectivity index (χ0n) is 6.52. The maximum Gasteiger partial charge on any atom is 0.0790 e. The minimum atomic E-state index is 0.159. The lowest BCUT2D eigenvalue weighted by Crippen LogP contribution is -2.19. The van der Waals surface area contributed by atoms with E-state index in [0.29, 0.717) is 11.8 Å². The monoisotopic (exact) mass is 150 g/mol. The molecule has 0 bridgehead atoms. The Kier molecular flexibility index (Phi) is 4.24. The Bertz CT molecular complexity index is 73.3. The molecule has 0 radical (unpaired) electrons. The maximum absolute atomic E-state index is 5.19. The summed E-state index contributed by atoms with van der Waals surface area (Å²) in [5.41, 5.74) is 0. The molecule has 2 heteroatoms. The van der Waals surface area contributed by atoms with Crippen LogP contribution in [-0.2, 0) is 4.29 Å². The molecule has 0 aliphatic heterocycles. The topological polar surface area (TPSA) is 9.23 Å². The Labute approximate surface area is 62.5 Å². The molecule has 2 atom stereocenters. The van der Waals surface area contributed by atoms with E-state index < -0.39 is 0 Å². The first-order chi connectivity index (χ1) is 4.09. The first-order valence-electron chi connectivity index (χ1n) is 3.37. The molecule has 0 saturated carbocycles. The highest BCUT2D eigenvalue weighted by molar-refractivity contribution is 6.07. The van der Waals surface area contributed by atoms with Crippen molar-refractivity contribution in [1.29, 1.82) is 0 Å². The Morgan fingerprint density at radius 1 is 1.11 bits per heavy atom. The Hall–Kier alpha value is 0.250. The second-order valence-corrected chi connectivity index (χ2v) is 3.08. The average Bonchev–Trinajstić information content (AvgIpc) is 1.84. The number of hydrogen-bond acceptors (Lipinski definition) is 1. The molecule has 0 amide bonds. The highest BCUT2D eigenvalue weighted by Crippen LogP contribution is 2.17. The zero-order valence-corrected chi connectivity index (χ0v) is 7.27. The summed E-state index contributed by atoms with van der Waals surface area (Å²) in [6.07, 6.45) is 0.159. The average molecular weight is 151 g/mol. The molecule has 0 aliphatic rings. The molecule has 0 rings (SSSR count). The van der Waals surface area contributed by atoms with E-state index in [-0.39, 0.29) is 6.10 Å². The molecule has 9 heavy (non-hydrogen) atoms. The molecular weight excluding hydrogens is 136 g/mol. The third kappa shape index (κ3) is 3.07. The SMILES string of the molecule is CC(C)C(C)C(C)OCl. The van der Waals surface area contributed by atoms with Crippen molar-refractivity contribution in [2.45, 2.75) is 33.8 Å². The summed E-state index contributed by atoms with van der Waals surface area (Å²) in [5.74, 6) is 1.17. The van der Waals surface area contributed by atoms with E-state index >= 15 is 0 Å². The normalized spacial score (nSPS) is 18.0. The second kappa shape index (κ2) is 4.13. The van der Waals surface area contributed by atoms with Crippen LogP contribution in [-0.4, -0.2) is 6.10 Å². The highest BCUT2D eigenvalue weighted by Gasteiger charge is 2.15. The quantitative estimate of drug-likeness (QED) is 0.601.